The van der Waals surface area contributed by atoms with E-state index in [9.17, 15) is 4.79 Å². The maximum absolute atomic E-state index is 12.3. The second-order valence-corrected chi connectivity index (χ2v) is 9.48. The minimum atomic E-state index is -0.0972. The molecule has 0 aliphatic rings. The van der Waals surface area contributed by atoms with Crippen LogP contribution in [-0.4, -0.2) is 4.98 Å². The molecule has 0 spiro atoms. The van der Waals surface area contributed by atoms with Gasteiger partial charge in [-0.15, -0.1) is 0 Å². The number of benzene rings is 6. The summed E-state index contributed by atoms with van der Waals surface area (Å²) in [5.74, 6) is 0. The molecule has 0 atom stereocenters. The Hall–Kier alpha value is -4.95. The lowest BCUT2D eigenvalue weighted by Gasteiger charge is -2.16. The van der Waals surface area contributed by atoms with Crippen LogP contribution in [0.1, 0.15) is 0 Å². The van der Waals surface area contributed by atoms with Crippen LogP contribution in [0.15, 0.2) is 138 Å². The summed E-state index contributed by atoms with van der Waals surface area (Å²) in [6.45, 7) is 0. The lowest BCUT2D eigenvalue weighted by molar-refractivity contribution is 1.31. The van der Waals surface area contributed by atoms with Crippen LogP contribution in [0.4, 0.5) is 0 Å². The molecule has 0 amide bonds. The second-order valence-electron chi connectivity index (χ2n) is 9.48. The van der Waals surface area contributed by atoms with Gasteiger partial charge in [0.2, 0.25) is 5.56 Å². The summed E-state index contributed by atoms with van der Waals surface area (Å²) in [4.78, 5) is 15.3. The number of aromatic amines is 1. The summed E-state index contributed by atoms with van der Waals surface area (Å²) in [7, 11) is 0. The van der Waals surface area contributed by atoms with E-state index in [1.165, 1.54) is 27.1 Å². The van der Waals surface area contributed by atoms with Gasteiger partial charge in [0.1, 0.15) is 0 Å². The molecule has 7 rings (SSSR count). The fourth-order valence-electron chi connectivity index (χ4n) is 5.33. The smallest absolute Gasteiger partial charge is 0.248 e. The van der Waals surface area contributed by atoms with Gasteiger partial charge in [0, 0.05) is 11.6 Å². The molecule has 174 valence electrons. The van der Waals surface area contributed by atoms with Gasteiger partial charge >= 0.3 is 0 Å². The predicted molar refractivity (Wildman–Crippen MR) is 156 cm³/mol. The quantitative estimate of drug-likeness (QED) is 0.273. The van der Waals surface area contributed by atoms with Crippen LogP contribution in [0.25, 0.3) is 65.8 Å². The fourth-order valence-corrected chi connectivity index (χ4v) is 5.33. The number of nitrogens with one attached hydrogen (secondary N) is 1. The number of fused-ring (bicyclic) bond motifs is 3. The maximum Gasteiger partial charge on any atom is 0.248 e. The Kier molecular flexibility index (Phi) is 4.97. The van der Waals surface area contributed by atoms with Crippen molar-refractivity contribution in [3.05, 3.63) is 144 Å². The van der Waals surface area contributed by atoms with E-state index < -0.39 is 0 Å². The van der Waals surface area contributed by atoms with Crippen molar-refractivity contribution in [2.24, 2.45) is 0 Å². The topological polar surface area (TPSA) is 32.9 Å². The average Bonchev–Trinajstić information content (AvgIpc) is 2.96. The summed E-state index contributed by atoms with van der Waals surface area (Å²) in [5.41, 5.74) is 7.48. The molecule has 7 aromatic rings. The number of aromatic nitrogens is 1. The SMILES string of the molecule is O=c1ccc2cccc(-c3ccc(-c4ccc5ccccc5c4)cc3-c3ccc4ccccc4c3)c2[nH]1. The molecule has 0 bridgehead atoms. The third kappa shape index (κ3) is 3.80. The van der Waals surface area contributed by atoms with Crippen LogP contribution in [0.2, 0.25) is 0 Å². The van der Waals surface area contributed by atoms with Crippen molar-refractivity contribution in [1.29, 1.82) is 0 Å². The van der Waals surface area contributed by atoms with Gasteiger partial charge in [0.15, 0.2) is 0 Å². The molecule has 1 N–H and O–H groups in total. The Balaban J connectivity index is 1.49. The molecular formula is C35H23NO. The van der Waals surface area contributed by atoms with Gasteiger partial charge < -0.3 is 4.98 Å². The highest BCUT2D eigenvalue weighted by molar-refractivity contribution is 6.00. The lowest BCUT2D eigenvalue weighted by Crippen LogP contribution is -2.03. The van der Waals surface area contributed by atoms with Crippen LogP contribution >= 0.6 is 0 Å². The molecule has 2 nitrogen and oxygen atoms in total. The van der Waals surface area contributed by atoms with Crippen LogP contribution in [-0.2, 0) is 0 Å². The summed E-state index contributed by atoms with van der Waals surface area (Å²) in [6, 6.07) is 46.5. The van der Waals surface area contributed by atoms with Gasteiger partial charge in [-0.2, -0.15) is 0 Å². The maximum atomic E-state index is 12.3. The van der Waals surface area contributed by atoms with Crippen molar-refractivity contribution < 1.29 is 0 Å². The molecule has 0 fully saturated rings. The molecule has 1 heterocycles. The highest BCUT2D eigenvalue weighted by Crippen LogP contribution is 2.39. The van der Waals surface area contributed by atoms with Gasteiger partial charge in [-0.25, -0.2) is 0 Å². The third-order valence-corrected chi connectivity index (χ3v) is 7.21. The van der Waals surface area contributed by atoms with Gasteiger partial charge in [-0.05, 0) is 79.0 Å². The Morgan fingerprint density at radius 1 is 0.378 bits per heavy atom. The predicted octanol–water partition coefficient (Wildman–Crippen LogP) is 8.84. The molecule has 1 aromatic heterocycles. The van der Waals surface area contributed by atoms with Gasteiger partial charge in [0.05, 0.1) is 5.52 Å². The highest BCUT2D eigenvalue weighted by Gasteiger charge is 2.14. The van der Waals surface area contributed by atoms with E-state index in [4.69, 9.17) is 0 Å². The number of hydrogen-bond acceptors (Lipinski definition) is 1. The molecule has 37 heavy (non-hydrogen) atoms. The first-order chi connectivity index (χ1) is 18.2. The summed E-state index contributed by atoms with van der Waals surface area (Å²) in [5, 5.41) is 5.89. The monoisotopic (exact) mass is 473 g/mol. The molecule has 2 heteroatoms. The van der Waals surface area contributed by atoms with Gasteiger partial charge in [-0.1, -0.05) is 103 Å². The molecule has 0 aliphatic heterocycles. The Bertz CT molecular complexity index is 2020. The van der Waals surface area contributed by atoms with E-state index in [2.05, 4.69) is 120 Å². The zero-order valence-electron chi connectivity index (χ0n) is 20.1. The van der Waals surface area contributed by atoms with Crippen LogP contribution in [0.3, 0.4) is 0 Å². The van der Waals surface area contributed by atoms with Crippen molar-refractivity contribution >= 4 is 32.4 Å². The summed E-state index contributed by atoms with van der Waals surface area (Å²) < 4.78 is 0. The summed E-state index contributed by atoms with van der Waals surface area (Å²) in [6.07, 6.45) is 0. The first-order valence-electron chi connectivity index (χ1n) is 12.5. The average molecular weight is 474 g/mol. The van der Waals surface area contributed by atoms with Crippen molar-refractivity contribution in [1.82, 2.24) is 4.98 Å². The second kappa shape index (κ2) is 8.61. The molecule has 0 radical (unpaired) electrons. The lowest BCUT2D eigenvalue weighted by atomic mass is 9.89. The van der Waals surface area contributed by atoms with Gasteiger partial charge in [0.25, 0.3) is 0 Å². The van der Waals surface area contributed by atoms with Crippen LogP contribution in [0.5, 0.6) is 0 Å². The molecular weight excluding hydrogens is 450 g/mol. The number of hydrogen-bond donors (Lipinski definition) is 1. The number of pyridine rings is 1. The largest absolute Gasteiger partial charge is 0.321 e. The highest BCUT2D eigenvalue weighted by atomic mass is 16.1. The Labute approximate surface area is 214 Å². The third-order valence-electron chi connectivity index (χ3n) is 7.21. The van der Waals surface area contributed by atoms with Crippen molar-refractivity contribution in [3.8, 4) is 33.4 Å². The van der Waals surface area contributed by atoms with Crippen LogP contribution < -0.4 is 5.56 Å². The Morgan fingerprint density at radius 3 is 1.70 bits per heavy atom. The number of rotatable bonds is 3. The summed E-state index contributed by atoms with van der Waals surface area (Å²) >= 11 is 0. The van der Waals surface area contributed by atoms with E-state index >= 15 is 0 Å². The van der Waals surface area contributed by atoms with Crippen LogP contribution in [0, 0.1) is 0 Å². The standard InChI is InChI=1S/C35H23NO/c37-34-19-17-25-10-5-11-32(35(25)36-34)31-18-16-29(28-14-12-23-6-1-3-8-26(23)20-28)22-33(31)30-15-13-24-7-2-4-9-27(24)21-30/h1-22H,(H,36,37). The molecule has 0 saturated heterocycles. The molecule has 0 aliphatic carbocycles. The molecule has 0 unspecified atom stereocenters. The zero-order chi connectivity index (χ0) is 24.8. The minimum Gasteiger partial charge on any atom is -0.321 e. The van der Waals surface area contributed by atoms with Crippen molar-refractivity contribution in [2.75, 3.05) is 0 Å². The zero-order valence-corrected chi connectivity index (χ0v) is 20.1. The van der Waals surface area contributed by atoms with E-state index in [0.29, 0.717) is 0 Å². The first-order valence-corrected chi connectivity index (χ1v) is 12.5. The minimum absolute atomic E-state index is 0.0972. The first kappa shape index (κ1) is 21.3. The fraction of sp³-hybridized carbons (Fsp3) is 0. The Morgan fingerprint density at radius 2 is 0.946 bits per heavy atom. The normalized spacial score (nSPS) is 11.4. The molecule has 0 saturated carbocycles. The van der Waals surface area contributed by atoms with E-state index in [1.54, 1.807) is 6.07 Å². The molecule has 6 aromatic carbocycles. The number of H-pyrrole nitrogens is 1. The van der Waals surface area contributed by atoms with Crippen molar-refractivity contribution in [3.63, 3.8) is 0 Å². The van der Waals surface area contributed by atoms with Gasteiger partial charge in [-0.3, -0.25) is 4.79 Å². The van der Waals surface area contributed by atoms with E-state index in [1.807, 2.05) is 12.1 Å². The van der Waals surface area contributed by atoms with E-state index in [0.717, 1.165) is 38.7 Å². The van der Waals surface area contributed by atoms with Crippen molar-refractivity contribution in [2.45, 2.75) is 0 Å². The number of para-hydroxylation sites is 1. The van der Waals surface area contributed by atoms with E-state index in [-0.39, 0.29) is 5.56 Å².